The van der Waals surface area contributed by atoms with Crippen LogP contribution in [0, 0.1) is 0 Å². The molecule has 2 heteroatoms. The molecule has 0 radical (unpaired) electrons. The van der Waals surface area contributed by atoms with Crippen molar-refractivity contribution in [3.63, 3.8) is 0 Å². The van der Waals surface area contributed by atoms with Gasteiger partial charge in [-0.2, -0.15) is 0 Å². The molecule has 0 spiro atoms. The van der Waals surface area contributed by atoms with E-state index >= 15 is 0 Å². The monoisotopic (exact) mass is 672 g/mol. The molecule has 0 fully saturated rings. The predicted molar refractivity (Wildman–Crippen MR) is 216 cm³/mol. The van der Waals surface area contributed by atoms with Crippen LogP contribution in [0.4, 0.5) is 0 Å². The van der Waals surface area contributed by atoms with Crippen LogP contribution in [0.15, 0.2) is 12.4 Å². The molecule has 0 N–H and O–H groups in total. The van der Waals surface area contributed by atoms with Crippen LogP contribution in [0.1, 0.15) is 264 Å². The van der Waals surface area contributed by atoms with Crippen molar-refractivity contribution in [2.45, 2.75) is 278 Å². The van der Waals surface area contributed by atoms with E-state index in [-0.39, 0.29) is 0 Å². The van der Waals surface area contributed by atoms with Gasteiger partial charge in [-0.25, -0.2) is 9.13 Å². The molecule has 0 unspecified atom stereocenters. The van der Waals surface area contributed by atoms with Crippen LogP contribution < -0.4 is 4.57 Å². The van der Waals surface area contributed by atoms with Gasteiger partial charge in [0.1, 0.15) is 12.4 Å². The van der Waals surface area contributed by atoms with Crippen molar-refractivity contribution in [1.29, 1.82) is 0 Å². The fourth-order valence-electron chi connectivity index (χ4n) is 7.74. The topological polar surface area (TPSA) is 8.81 Å². The second kappa shape index (κ2) is 37.5. The van der Waals surface area contributed by atoms with Gasteiger partial charge in [0.05, 0.1) is 13.1 Å². The molecule has 0 aromatic carbocycles. The third kappa shape index (κ3) is 29.0. The Hall–Kier alpha value is -0.790. The Morgan fingerprint density at radius 2 is 0.646 bits per heavy atom. The minimum absolute atomic E-state index is 1.23. The standard InChI is InChI=1S/C46H91N2/c1-4-7-10-13-16-18-20-22-24-26-28-30-32-34-37-40-43-48-45-44-47(42-39-36-15-12-9-6-3)46(48)41-38-35-33-31-29-27-25-23-21-19-17-14-11-8-5-2/h44-45H,4-43H2,1-3H3/q+1. The molecule has 0 saturated heterocycles. The van der Waals surface area contributed by atoms with Gasteiger partial charge in [-0.3, -0.25) is 0 Å². The van der Waals surface area contributed by atoms with Crippen molar-refractivity contribution < 1.29 is 4.57 Å². The van der Waals surface area contributed by atoms with E-state index in [4.69, 9.17) is 0 Å². The molecular formula is C46H91N2+. The first-order valence-corrected chi connectivity index (χ1v) is 22.9. The summed E-state index contributed by atoms with van der Waals surface area (Å²) < 4.78 is 5.28. The minimum Gasteiger partial charge on any atom is -0.234 e. The Bertz CT molecular complexity index is 736. The van der Waals surface area contributed by atoms with E-state index in [1.54, 1.807) is 5.82 Å². The zero-order valence-electron chi connectivity index (χ0n) is 33.8. The highest BCUT2D eigenvalue weighted by Gasteiger charge is 2.16. The highest BCUT2D eigenvalue weighted by atomic mass is 15.1. The molecular weight excluding hydrogens is 581 g/mol. The van der Waals surface area contributed by atoms with Crippen LogP contribution in [-0.4, -0.2) is 4.57 Å². The van der Waals surface area contributed by atoms with Gasteiger partial charge in [0.2, 0.25) is 0 Å². The SMILES string of the molecule is CCCCCCCCCCCCCCCCCC[n+]1ccn(CCCCCCCC)c1CCCCCCCCCCCCCCCCC. The van der Waals surface area contributed by atoms with Crippen molar-refractivity contribution in [2.75, 3.05) is 0 Å². The first kappa shape index (κ1) is 45.2. The minimum atomic E-state index is 1.23. The molecule has 0 saturated carbocycles. The Labute approximate surface area is 304 Å². The number of hydrogen-bond donors (Lipinski definition) is 0. The van der Waals surface area contributed by atoms with Crippen LogP contribution in [0.25, 0.3) is 0 Å². The smallest absolute Gasteiger partial charge is 0.234 e. The second-order valence-corrected chi connectivity index (χ2v) is 15.9. The van der Waals surface area contributed by atoms with Crippen molar-refractivity contribution >= 4 is 0 Å². The Kier molecular flexibility index (Phi) is 35.3. The van der Waals surface area contributed by atoms with Crippen LogP contribution in [-0.2, 0) is 19.5 Å². The van der Waals surface area contributed by atoms with Gasteiger partial charge >= 0.3 is 0 Å². The molecule has 0 bridgehead atoms. The van der Waals surface area contributed by atoms with Crippen LogP contribution in [0.2, 0.25) is 0 Å². The van der Waals surface area contributed by atoms with E-state index in [0.717, 1.165) is 0 Å². The molecule has 1 aromatic rings. The molecule has 2 nitrogen and oxygen atoms in total. The molecule has 1 heterocycles. The number of hydrogen-bond acceptors (Lipinski definition) is 0. The first-order chi connectivity index (χ1) is 23.8. The summed E-state index contributed by atoms with van der Waals surface area (Å²) in [5.41, 5.74) is 0. The van der Waals surface area contributed by atoms with Gasteiger partial charge in [-0.1, -0.05) is 226 Å². The lowest BCUT2D eigenvalue weighted by molar-refractivity contribution is -0.704. The van der Waals surface area contributed by atoms with E-state index in [1.165, 1.54) is 257 Å². The van der Waals surface area contributed by atoms with E-state index in [2.05, 4.69) is 42.3 Å². The van der Waals surface area contributed by atoms with E-state index in [9.17, 15) is 0 Å². The molecule has 1 aromatic heterocycles. The molecule has 48 heavy (non-hydrogen) atoms. The van der Waals surface area contributed by atoms with Gasteiger partial charge in [0.15, 0.2) is 0 Å². The quantitative estimate of drug-likeness (QED) is 0.0485. The summed E-state index contributed by atoms with van der Waals surface area (Å²) in [4.78, 5) is 0. The van der Waals surface area contributed by atoms with E-state index < -0.39 is 0 Å². The summed E-state index contributed by atoms with van der Waals surface area (Å²) in [6.07, 6.45) is 59.4. The van der Waals surface area contributed by atoms with E-state index in [0.29, 0.717) is 0 Å². The normalized spacial score (nSPS) is 11.6. The molecule has 0 aliphatic rings. The summed E-state index contributed by atoms with van der Waals surface area (Å²) in [5.74, 6) is 1.62. The lowest BCUT2D eigenvalue weighted by Gasteiger charge is -2.07. The molecule has 0 aliphatic heterocycles. The Morgan fingerprint density at radius 3 is 1.00 bits per heavy atom. The molecule has 0 aliphatic carbocycles. The number of imidazole rings is 1. The number of aromatic nitrogens is 2. The predicted octanol–water partition coefficient (Wildman–Crippen LogP) is 15.8. The Morgan fingerprint density at radius 1 is 0.354 bits per heavy atom. The van der Waals surface area contributed by atoms with Crippen molar-refractivity contribution in [3.05, 3.63) is 18.2 Å². The summed E-state index contributed by atoms with van der Waals surface area (Å²) >= 11 is 0. The zero-order chi connectivity index (χ0) is 34.4. The van der Waals surface area contributed by atoms with Crippen LogP contribution in [0.5, 0.6) is 0 Å². The maximum Gasteiger partial charge on any atom is 0.256 e. The fraction of sp³-hybridized carbons (Fsp3) is 0.935. The lowest BCUT2D eigenvalue weighted by Crippen LogP contribution is -2.37. The summed E-state index contributed by atoms with van der Waals surface area (Å²) in [7, 11) is 0. The van der Waals surface area contributed by atoms with Crippen molar-refractivity contribution in [2.24, 2.45) is 0 Å². The number of unbranched alkanes of at least 4 members (excludes halogenated alkanes) is 34. The van der Waals surface area contributed by atoms with Crippen molar-refractivity contribution in [3.8, 4) is 0 Å². The van der Waals surface area contributed by atoms with Gasteiger partial charge in [-0.15, -0.1) is 0 Å². The highest BCUT2D eigenvalue weighted by Crippen LogP contribution is 2.16. The summed E-state index contributed by atoms with van der Waals surface area (Å²) in [6, 6.07) is 0. The third-order valence-electron chi connectivity index (χ3n) is 11.1. The first-order valence-electron chi connectivity index (χ1n) is 22.9. The number of aryl methyl sites for hydroxylation is 2. The van der Waals surface area contributed by atoms with Crippen LogP contribution >= 0.6 is 0 Å². The van der Waals surface area contributed by atoms with Gasteiger partial charge in [-0.05, 0) is 32.1 Å². The zero-order valence-corrected chi connectivity index (χ0v) is 33.8. The largest absolute Gasteiger partial charge is 0.256 e. The van der Waals surface area contributed by atoms with Gasteiger partial charge < -0.3 is 0 Å². The molecule has 0 atom stereocenters. The average Bonchev–Trinajstić information content (AvgIpc) is 3.48. The van der Waals surface area contributed by atoms with Gasteiger partial charge in [0.25, 0.3) is 5.82 Å². The molecule has 1 rings (SSSR count). The second-order valence-electron chi connectivity index (χ2n) is 15.9. The van der Waals surface area contributed by atoms with Gasteiger partial charge in [0, 0.05) is 6.42 Å². The average molecular weight is 672 g/mol. The van der Waals surface area contributed by atoms with E-state index in [1.807, 2.05) is 0 Å². The Balaban J connectivity index is 2.18. The van der Waals surface area contributed by atoms with Crippen molar-refractivity contribution in [1.82, 2.24) is 4.57 Å². The summed E-state index contributed by atoms with van der Waals surface area (Å²) in [6.45, 7) is 9.41. The maximum absolute atomic E-state index is 2.64. The molecule has 284 valence electrons. The van der Waals surface area contributed by atoms with Crippen LogP contribution in [0.3, 0.4) is 0 Å². The number of nitrogens with zero attached hydrogens (tertiary/aromatic N) is 2. The third-order valence-corrected chi connectivity index (χ3v) is 11.1. The summed E-state index contributed by atoms with van der Waals surface area (Å²) in [5, 5.41) is 0. The molecule has 0 amide bonds. The highest BCUT2D eigenvalue weighted by molar-refractivity contribution is 4.84. The fourth-order valence-corrected chi connectivity index (χ4v) is 7.74. The maximum atomic E-state index is 2.64. The lowest BCUT2D eigenvalue weighted by atomic mass is 10.0. The number of rotatable bonds is 40.